The second kappa shape index (κ2) is 3.44. The molecule has 5 unspecified atom stereocenters. The maximum atomic E-state index is 6.26. The Balaban J connectivity index is 1.53. The van der Waals surface area contributed by atoms with Crippen LogP contribution in [0.3, 0.4) is 0 Å². The maximum Gasteiger partial charge on any atom is 0.160 e. The lowest BCUT2D eigenvalue weighted by Crippen LogP contribution is -2.46. The number of hydrogen-bond acceptors (Lipinski definition) is 3. The summed E-state index contributed by atoms with van der Waals surface area (Å²) >= 11 is 0. The number of nitrogens with one attached hydrogen (secondary N) is 1. The molecule has 17 heavy (non-hydrogen) atoms. The van der Waals surface area contributed by atoms with Crippen LogP contribution in [0.25, 0.3) is 0 Å². The number of ether oxygens (including phenoxy) is 2. The van der Waals surface area contributed by atoms with Crippen LogP contribution >= 0.6 is 0 Å². The molecule has 0 spiro atoms. The van der Waals surface area contributed by atoms with Crippen molar-refractivity contribution < 1.29 is 9.47 Å². The normalized spacial score (nSPS) is 54.5. The molecule has 0 radical (unpaired) electrons. The first-order chi connectivity index (χ1) is 8.15. The predicted molar refractivity (Wildman–Crippen MR) is 68.1 cm³/mol. The molecule has 0 aromatic rings. The van der Waals surface area contributed by atoms with E-state index in [0.717, 1.165) is 6.54 Å². The fourth-order valence-electron chi connectivity index (χ4n) is 4.14. The second-order valence-corrected chi connectivity index (χ2v) is 11.1. The Labute approximate surface area is 104 Å². The van der Waals surface area contributed by atoms with Gasteiger partial charge in [-0.1, -0.05) is 25.2 Å². The quantitative estimate of drug-likeness (QED) is 0.570. The van der Waals surface area contributed by atoms with Crippen LogP contribution in [-0.4, -0.2) is 33.3 Å². The Kier molecular flexibility index (Phi) is 2.17. The van der Waals surface area contributed by atoms with E-state index in [9.17, 15) is 0 Å². The SMILES string of the molecule is C[Si]1(C)NCCC1C1OC2C3C=CC(C3)C2O1. The van der Waals surface area contributed by atoms with Crippen molar-refractivity contribution in [2.75, 3.05) is 6.54 Å². The maximum absolute atomic E-state index is 6.26. The zero-order valence-corrected chi connectivity index (χ0v) is 11.6. The summed E-state index contributed by atoms with van der Waals surface area (Å²) in [5.74, 6) is 1.27. The summed E-state index contributed by atoms with van der Waals surface area (Å²) in [7, 11) is -1.33. The van der Waals surface area contributed by atoms with E-state index in [4.69, 9.17) is 9.47 Å². The smallest absolute Gasteiger partial charge is 0.160 e. The molecular formula is C13H21NO2Si. The van der Waals surface area contributed by atoms with Gasteiger partial charge in [0.25, 0.3) is 0 Å². The molecule has 2 bridgehead atoms. The first kappa shape index (κ1) is 10.7. The molecule has 94 valence electrons. The fourth-order valence-corrected chi connectivity index (χ4v) is 6.89. The molecule has 0 amide bonds. The van der Waals surface area contributed by atoms with Crippen molar-refractivity contribution in [1.82, 2.24) is 4.98 Å². The Bertz CT molecular complexity index is 350. The largest absolute Gasteiger partial charge is 0.346 e. The number of fused-ring (bicyclic) bond motifs is 5. The van der Waals surface area contributed by atoms with Gasteiger partial charge in [-0.25, -0.2) is 0 Å². The lowest BCUT2D eigenvalue weighted by Gasteiger charge is -2.29. The van der Waals surface area contributed by atoms with Crippen LogP contribution in [0.1, 0.15) is 12.8 Å². The molecule has 4 heteroatoms. The Morgan fingerprint density at radius 2 is 1.76 bits per heavy atom. The van der Waals surface area contributed by atoms with Crippen LogP contribution in [0, 0.1) is 11.8 Å². The van der Waals surface area contributed by atoms with Crippen LogP contribution in [-0.2, 0) is 9.47 Å². The summed E-state index contributed by atoms with van der Waals surface area (Å²) in [5.41, 5.74) is 0.632. The van der Waals surface area contributed by atoms with Crippen molar-refractivity contribution in [3.63, 3.8) is 0 Å². The molecule has 2 aliphatic heterocycles. The highest BCUT2D eigenvalue weighted by Gasteiger charge is 2.56. The van der Waals surface area contributed by atoms with Crippen molar-refractivity contribution >= 4 is 8.24 Å². The van der Waals surface area contributed by atoms with Crippen molar-refractivity contribution in [2.45, 2.75) is 50.0 Å². The lowest BCUT2D eigenvalue weighted by atomic mass is 10.0. The predicted octanol–water partition coefficient (Wildman–Crippen LogP) is 1.87. The van der Waals surface area contributed by atoms with Gasteiger partial charge in [0.1, 0.15) is 8.24 Å². The Morgan fingerprint density at radius 1 is 1.12 bits per heavy atom. The van der Waals surface area contributed by atoms with Gasteiger partial charge in [0.2, 0.25) is 0 Å². The van der Waals surface area contributed by atoms with Crippen molar-refractivity contribution in [3.8, 4) is 0 Å². The molecular weight excluding hydrogens is 230 g/mol. The Morgan fingerprint density at radius 3 is 2.29 bits per heavy atom. The molecule has 4 aliphatic rings. The van der Waals surface area contributed by atoms with Gasteiger partial charge >= 0.3 is 0 Å². The third-order valence-electron chi connectivity index (χ3n) is 5.19. The molecule has 3 fully saturated rings. The van der Waals surface area contributed by atoms with Gasteiger partial charge in [0.15, 0.2) is 6.29 Å². The monoisotopic (exact) mass is 251 g/mol. The lowest BCUT2D eigenvalue weighted by molar-refractivity contribution is -0.0833. The summed E-state index contributed by atoms with van der Waals surface area (Å²) in [6, 6.07) is 0. The van der Waals surface area contributed by atoms with Gasteiger partial charge in [-0.2, -0.15) is 0 Å². The van der Waals surface area contributed by atoms with Crippen LogP contribution in [0.5, 0.6) is 0 Å². The zero-order chi connectivity index (χ0) is 11.6. The number of hydrogen-bond donors (Lipinski definition) is 1. The molecule has 2 aliphatic carbocycles. The third-order valence-corrected chi connectivity index (χ3v) is 8.77. The van der Waals surface area contributed by atoms with E-state index in [0.29, 0.717) is 29.6 Å². The van der Waals surface area contributed by atoms with Crippen LogP contribution in [0.2, 0.25) is 18.6 Å². The topological polar surface area (TPSA) is 30.5 Å². The van der Waals surface area contributed by atoms with E-state index in [1.807, 2.05) is 0 Å². The van der Waals surface area contributed by atoms with Gasteiger partial charge in [-0.05, 0) is 19.4 Å². The van der Waals surface area contributed by atoms with Gasteiger partial charge in [-0.3, -0.25) is 0 Å². The van der Waals surface area contributed by atoms with Gasteiger partial charge in [-0.15, -0.1) is 0 Å². The van der Waals surface area contributed by atoms with E-state index >= 15 is 0 Å². The van der Waals surface area contributed by atoms with E-state index in [-0.39, 0.29) is 6.29 Å². The molecule has 2 saturated heterocycles. The van der Waals surface area contributed by atoms with Gasteiger partial charge in [0.05, 0.1) is 12.2 Å². The van der Waals surface area contributed by atoms with Gasteiger partial charge in [0, 0.05) is 17.4 Å². The van der Waals surface area contributed by atoms with Crippen LogP contribution < -0.4 is 4.98 Å². The minimum atomic E-state index is -1.33. The average Bonchev–Trinajstić information content (AvgIpc) is 2.94. The molecule has 4 rings (SSSR count). The molecule has 2 heterocycles. The molecule has 1 N–H and O–H groups in total. The number of rotatable bonds is 1. The summed E-state index contributed by atoms with van der Waals surface area (Å²) < 4.78 is 12.5. The molecule has 0 aromatic heterocycles. The highest BCUT2D eigenvalue weighted by Crippen LogP contribution is 2.50. The molecule has 1 saturated carbocycles. The van der Waals surface area contributed by atoms with Crippen molar-refractivity contribution in [2.24, 2.45) is 11.8 Å². The highest BCUT2D eigenvalue weighted by atomic mass is 28.3. The van der Waals surface area contributed by atoms with Crippen molar-refractivity contribution in [3.05, 3.63) is 12.2 Å². The third kappa shape index (κ3) is 1.44. The first-order valence-electron chi connectivity index (χ1n) is 6.89. The summed E-state index contributed by atoms with van der Waals surface area (Å²) in [6.45, 7) is 5.95. The van der Waals surface area contributed by atoms with E-state index in [1.165, 1.54) is 12.8 Å². The summed E-state index contributed by atoms with van der Waals surface area (Å²) in [4.78, 5) is 3.69. The fraction of sp³-hybridized carbons (Fsp3) is 0.846. The van der Waals surface area contributed by atoms with Crippen molar-refractivity contribution in [1.29, 1.82) is 0 Å². The summed E-state index contributed by atoms with van der Waals surface area (Å²) in [5, 5.41) is 0. The zero-order valence-electron chi connectivity index (χ0n) is 10.6. The van der Waals surface area contributed by atoms with Gasteiger partial charge < -0.3 is 14.5 Å². The molecule has 5 atom stereocenters. The minimum Gasteiger partial charge on any atom is -0.346 e. The van der Waals surface area contributed by atoms with Crippen LogP contribution in [0.15, 0.2) is 12.2 Å². The Hall–Kier alpha value is -0.163. The van der Waals surface area contributed by atoms with E-state index in [2.05, 4.69) is 30.2 Å². The first-order valence-corrected chi connectivity index (χ1v) is 9.97. The molecule has 0 aromatic carbocycles. The summed E-state index contributed by atoms with van der Waals surface area (Å²) in [6.07, 6.45) is 7.96. The second-order valence-electron chi connectivity index (χ2n) is 6.56. The van der Waals surface area contributed by atoms with E-state index in [1.54, 1.807) is 0 Å². The molecule has 3 nitrogen and oxygen atoms in total. The van der Waals surface area contributed by atoms with Crippen LogP contribution in [0.4, 0.5) is 0 Å². The van der Waals surface area contributed by atoms with E-state index < -0.39 is 8.24 Å². The minimum absolute atomic E-state index is 0.0758. The highest BCUT2D eigenvalue weighted by molar-refractivity contribution is 6.77. The average molecular weight is 251 g/mol. The standard InChI is InChI=1S/C13H21NO2Si/c1-17(2)10(5-6-14-17)13-15-11-8-3-4-9(7-8)12(11)16-13/h3-4,8-14H,5-7H2,1-2H3.